The number of phenols is 1. The van der Waals surface area contributed by atoms with Crippen molar-refractivity contribution in [1.82, 2.24) is 19.5 Å². The maximum Gasteiger partial charge on any atom is 0.280 e. The van der Waals surface area contributed by atoms with Gasteiger partial charge in [-0.1, -0.05) is 13.0 Å². The lowest BCUT2D eigenvalue weighted by molar-refractivity contribution is -0.129. The van der Waals surface area contributed by atoms with Gasteiger partial charge in [0.05, 0.1) is 19.5 Å². The molecule has 6 rings (SSSR count). The van der Waals surface area contributed by atoms with Crippen molar-refractivity contribution < 1.29 is 19.7 Å². The molecule has 3 aliphatic rings. The average molecular weight is 496 g/mol. The number of ketones is 1. The van der Waals surface area contributed by atoms with Gasteiger partial charge in [0.2, 0.25) is 5.95 Å². The topological polar surface area (TPSA) is 156 Å². The molecule has 1 aromatic carbocycles. The third kappa shape index (κ3) is 4.28. The Morgan fingerprint density at radius 3 is 2.89 bits per heavy atom. The number of H-pyrrole nitrogens is 1. The molecule has 192 valence electrons. The summed E-state index contributed by atoms with van der Waals surface area (Å²) in [5, 5.41) is 18.2. The van der Waals surface area contributed by atoms with Crippen molar-refractivity contribution in [3.05, 3.63) is 46.0 Å². The number of aromatic hydroxyl groups is 1. The quantitative estimate of drug-likeness (QED) is 0.402. The van der Waals surface area contributed by atoms with Crippen LogP contribution in [0.15, 0.2) is 29.3 Å². The van der Waals surface area contributed by atoms with Gasteiger partial charge >= 0.3 is 0 Å². The number of carbonyl (C=O) groups excluding carboxylic acids is 1. The molecule has 0 aliphatic heterocycles. The molecule has 5 N–H and O–H groups in total. The molecule has 4 atom stereocenters. The van der Waals surface area contributed by atoms with Gasteiger partial charge < -0.3 is 20.7 Å². The molecular formula is C26H33N5O5. The number of fused-ring (bicyclic) bond motifs is 6. The summed E-state index contributed by atoms with van der Waals surface area (Å²) < 4.78 is 6.63. The zero-order chi connectivity index (χ0) is 25.4. The van der Waals surface area contributed by atoms with Crippen LogP contribution in [-0.4, -0.2) is 48.7 Å². The number of nitrogens with one attached hydrogen (secondary N) is 1. The Kier molecular flexibility index (Phi) is 6.57. The van der Waals surface area contributed by atoms with E-state index in [1.54, 1.807) is 0 Å². The van der Waals surface area contributed by atoms with Crippen molar-refractivity contribution in [3.8, 4) is 5.75 Å². The summed E-state index contributed by atoms with van der Waals surface area (Å²) in [7, 11) is 0. The van der Waals surface area contributed by atoms with Gasteiger partial charge in [-0.05, 0) is 73.1 Å². The van der Waals surface area contributed by atoms with Gasteiger partial charge in [0.15, 0.2) is 11.2 Å². The summed E-state index contributed by atoms with van der Waals surface area (Å²) in [6.45, 7) is 2.52. The van der Waals surface area contributed by atoms with E-state index in [4.69, 9.17) is 15.6 Å². The van der Waals surface area contributed by atoms with E-state index in [1.807, 2.05) is 12.1 Å². The van der Waals surface area contributed by atoms with Gasteiger partial charge in [-0.2, -0.15) is 4.98 Å². The van der Waals surface area contributed by atoms with Crippen LogP contribution in [-0.2, 0) is 22.7 Å². The summed E-state index contributed by atoms with van der Waals surface area (Å²) in [4.78, 5) is 33.9. The van der Waals surface area contributed by atoms with E-state index in [1.165, 1.54) is 28.4 Å². The Bertz CT molecular complexity index is 1330. The highest BCUT2D eigenvalue weighted by atomic mass is 16.5. The molecule has 0 saturated heterocycles. The second kappa shape index (κ2) is 9.67. The molecule has 2 heterocycles. The summed E-state index contributed by atoms with van der Waals surface area (Å²) in [5.41, 5.74) is 8.35. The standard InChI is InChI=1S/C18H22O2.C8H11N5O3/c1-18-9-8-14-13-5-3-12(19)10-11(13)2-4-15(14)16(18)6-7-17(18)20;9-8-11-6-5(7(15)12-8)10-3-13(6)4-16-2-1-14/h3,5,10,14-16,19H,2,4,6-9H2,1H3;3,14H,1-2,4H2,(H3,9,11,12,15)/t14-,15-,16+,18+;/m1./s1. The molecule has 2 aromatic heterocycles. The Labute approximate surface area is 208 Å². The smallest absolute Gasteiger partial charge is 0.280 e. The van der Waals surface area contributed by atoms with Crippen LogP contribution in [0.3, 0.4) is 0 Å². The first-order chi connectivity index (χ1) is 17.3. The highest BCUT2D eigenvalue weighted by Crippen LogP contribution is 2.59. The molecule has 3 aliphatic carbocycles. The van der Waals surface area contributed by atoms with Crippen LogP contribution in [0.25, 0.3) is 11.2 Å². The summed E-state index contributed by atoms with van der Waals surface area (Å²) in [6, 6.07) is 5.90. The van der Waals surface area contributed by atoms with Gasteiger partial charge in [-0.25, -0.2) is 4.98 Å². The first kappa shape index (κ1) is 24.5. The molecular weight excluding hydrogens is 462 g/mol. The van der Waals surface area contributed by atoms with Crippen molar-refractivity contribution in [2.24, 2.45) is 17.3 Å². The molecule has 0 unspecified atom stereocenters. The van der Waals surface area contributed by atoms with Crippen LogP contribution in [0.1, 0.15) is 56.1 Å². The third-order valence-electron chi connectivity index (χ3n) is 8.38. The van der Waals surface area contributed by atoms with Crippen LogP contribution in [0.4, 0.5) is 5.95 Å². The second-order valence-corrected chi connectivity index (χ2v) is 10.3. The number of hydrogen-bond acceptors (Lipinski definition) is 8. The number of aliphatic hydroxyl groups is 1. The van der Waals surface area contributed by atoms with E-state index in [0.29, 0.717) is 34.9 Å². The van der Waals surface area contributed by atoms with Gasteiger partial charge in [0, 0.05) is 11.8 Å². The van der Waals surface area contributed by atoms with Crippen molar-refractivity contribution in [2.45, 2.75) is 58.1 Å². The number of aromatic nitrogens is 4. The average Bonchev–Trinajstić information content (AvgIpc) is 3.40. The van der Waals surface area contributed by atoms with E-state index < -0.39 is 0 Å². The molecule has 0 amide bonds. The number of nitrogens with zero attached hydrogens (tertiary/aromatic N) is 3. The van der Waals surface area contributed by atoms with Crippen LogP contribution in [0.2, 0.25) is 0 Å². The predicted molar refractivity (Wildman–Crippen MR) is 133 cm³/mol. The van der Waals surface area contributed by atoms with Gasteiger partial charge in [-0.3, -0.25) is 19.1 Å². The molecule has 36 heavy (non-hydrogen) atoms. The number of phenolic OH excluding ortho intramolecular Hbond substituents is 1. The number of Topliss-reactive ketones (excluding diaryl/α,β-unsaturated/α-hetero) is 1. The Hall–Kier alpha value is -3.24. The third-order valence-corrected chi connectivity index (χ3v) is 8.38. The van der Waals surface area contributed by atoms with E-state index in [9.17, 15) is 14.7 Å². The van der Waals surface area contributed by atoms with Crippen molar-refractivity contribution in [2.75, 3.05) is 18.9 Å². The lowest BCUT2D eigenvalue weighted by Crippen LogP contribution is -2.42. The van der Waals surface area contributed by atoms with Crippen LogP contribution < -0.4 is 11.3 Å². The Morgan fingerprint density at radius 1 is 1.25 bits per heavy atom. The minimum absolute atomic E-state index is 0.0291. The zero-order valence-electron chi connectivity index (χ0n) is 20.4. The fraction of sp³-hybridized carbons (Fsp3) is 0.538. The number of carbonyl (C=O) groups is 1. The molecule has 2 saturated carbocycles. The van der Waals surface area contributed by atoms with E-state index in [0.717, 1.165) is 32.1 Å². The summed E-state index contributed by atoms with van der Waals surface area (Å²) in [5.74, 6) is 2.81. The summed E-state index contributed by atoms with van der Waals surface area (Å²) in [6.07, 6.45) is 7.78. The highest BCUT2D eigenvalue weighted by Gasteiger charge is 2.54. The fourth-order valence-electron chi connectivity index (χ4n) is 6.63. The fourth-order valence-corrected chi connectivity index (χ4v) is 6.63. The number of rotatable bonds is 4. The molecule has 3 aromatic rings. The first-order valence-corrected chi connectivity index (χ1v) is 12.6. The van der Waals surface area contributed by atoms with Crippen molar-refractivity contribution in [3.63, 3.8) is 0 Å². The van der Waals surface area contributed by atoms with Crippen molar-refractivity contribution >= 4 is 22.9 Å². The van der Waals surface area contributed by atoms with Crippen LogP contribution in [0.5, 0.6) is 5.75 Å². The number of nitrogen functional groups attached to an aromatic ring is 1. The molecule has 10 heteroatoms. The number of aromatic amines is 1. The number of nitrogens with two attached hydrogens (primary N) is 1. The van der Waals surface area contributed by atoms with E-state index in [2.05, 4.69) is 27.9 Å². The molecule has 0 spiro atoms. The minimum Gasteiger partial charge on any atom is -0.508 e. The largest absolute Gasteiger partial charge is 0.508 e. The number of imidazole rings is 1. The van der Waals surface area contributed by atoms with Crippen LogP contribution >= 0.6 is 0 Å². The highest BCUT2D eigenvalue weighted by molar-refractivity contribution is 5.87. The SMILES string of the molecule is C[C@]12CC[C@@H]3c4ccc(O)cc4CC[C@H]3[C@@H]1CCC2=O.Nc1nc2c(ncn2COCCO)c(=O)[nH]1. The predicted octanol–water partition coefficient (Wildman–Crippen LogP) is 2.49. The van der Waals surface area contributed by atoms with Crippen molar-refractivity contribution in [1.29, 1.82) is 0 Å². The van der Waals surface area contributed by atoms with Crippen LogP contribution in [0, 0.1) is 17.3 Å². The number of hydrogen-bond donors (Lipinski definition) is 4. The lowest BCUT2D eigenvalue weighted by Gasteiger charge is -2.48. The zero-order valence-corrected chi connectivity index (χ0v) is 20.4. The maximum atomic E-state index is 12.3. The molecule has 0 bridgehead atoms. The number of ether oxygens (including phenoxy) is 1. The van der Waals surface area contributed by atoms with Gasteiger partial charge in [-0.15, -0.1) is 0 Å². The molecule has 10 nitrogen and oxygen atoms in total. The Morgan fingerprint density at radius 2 is 2.08 bits per heavy atom. The second-order valence-electron chi connectivity index (χ2n) is 10.3. The Balaban J connectivity index is 0.000000152. The number of anilines is 1. The lowest BCUT2D eigenvalue weighted by atomic mass is 9.55. The molecule has 0 radical (unpaired) electrons. The number of aryl methyl sites for hydroxylation is 1. The number of benzene rings is 1. The van der Waals surface area contributed by atoms with E-state index in [-0.39, 0.29) is 42.4 Å². The van der Waals surface area contributed by atoms with Gasteiger partial charge in [0.25, 0.3) is 5.56 Å². The van der Waals surface area contributed by atoms with E-state index >= 15 is 0 Å². The summed E-state index contributed by atoms with van der Waals surface area (Å²) >= 11 is 0. The molecule has 2 fully saturated rings. The van der Waals surface area contributed by atoms with Gasteiger partial charge in [0.1, 0.15) is 18.3 Å². The maximum absolute atomic E-state index is 12.3. The first-order valence-electron chi connectivity index (χ1n) is 12.6. The monoisotopic (exact) mass is 495 g/mol. The normalized spacial score (nSPS) is 26.6. The minimum atomic E-state index is -0.386. The number of aliphatic hydroxyl groups excluding tert-OH is 1.